The summed E-state index contributed by atoms with van der Waals surface area (Å²) >= 11 is 0. The van der Waals surface area contributed by atoms with E-state index in [2.05, 4.69) is 0 Å². The number of rotatable bonds is 3. The van der Waals surface area contributed by atoms with Crippen molar-refractivity contribution in [2.75, 3.05) is 7.05 Å². The summed E-state index contributed by atoms with van der Waals surface area (Å²) in [6.07, 6.45) is 4.35. The second-order valence-electron chi connectivity index (χ2n) is 8.74. The fraction of sp³-hybridized carbons (Fsp3) is 0.542. The Balaban J connectivity index is 2.28. The van der Waals surface area contributed by atoms with Crippen molar-refractivity contribution >= 4 is 17.8 Å². The molecule has 3 atom stereocenters. The van der Waals surface area contributed by atoms with Gasteiger partial charge in [-0.05, 0) is 46.1 Å². The zero-order valence-corrected chi connectivity index (χ0v) is 18.6. The highest BCUT2D eigenvalue weighted by Crippen LogP contribution is 2.28. The number of hydrogen-bond donors (Lipinski definition) is 0. The van der Waals surface area contributed by atoms with E-state index in [9.17, 15) is 14.4 Å². The van der Waals surface area contributed by atoms with Crippen molar-refractivity contribution in [1.29, 1.82) is 0 Å². The minimum atomic E-state index is -0.604. The van der Waals surface area contributed by atoms with E-state index in [1.165, 1.54) is 0 Å². The van der Waals surface area contributed by atoms with Crippen LogP contribution in [-0.4, -0.2) is 41.4 Å². The number of hydrogen-bond acceptors (Lipinski definition) is 5. The van der Waals surface area contributed by atoms with Gasteiger partial charge in [-0.2, -0.15) is 0 Å². The molecular weight excluding hydrogens is 382 g/mol. The first-order valence-electron chi connectivity index (χ1n) is 10.5. The molecule has 1 heterocycles. The number of cyclic esters (lactones) is 1. The van der Waals surface area contributed by atoms with Gasteiger partial charge in [0.1, 0.15) is 11.7 Å². The molecule has 0 unspecified atom stereocenters. The molecule has 0 spiro atoms. The molecule has 0 aromatic heterocycles. The van der Waals surface area contributed by atoms with Crippen molar-refractivity contribution in [2.45, 2.75) is 71.1 Å². The molecule has 1 aliphatic heterocycles. The van der Waals surface area contributed by atoms with Crippen LogP contribution in [0.15, 0.2) is 42.5 Å². The van der Waals surface area contributed by atoms with Crippen LogP contribution in [0.3, 0.4) is 0 Å². The van der Waals surface area contributed by atoms with E-state index >= 15 is 0 Å². The van der Waals surface area contributed by atoms with Crippen LogP contribution in [0.5, 0.6) is 0 Å². The van der Waals surface area contributed by atoms with Crippen molar-refractivity contribution in [1.82, 2.24) is 4.90 Å². The quantitative estimate of drug-likeness (QED) is 0.546. The number of carbonyl (C=O) groups excluding carboxylic acids is 3. The molecule has 164 valence electrons. The monoisotopic (exact) mass is 415 g/mol. The smallest absolute Gasteiger partial charge is 0.307 e. The molecule has 6 nitrogen and oxygen atoms in total. The number of nitrogens with zero attached hydrogens (tertiary/aromatic N) is 1. The average Bonchev–Trinajstić information content (AvgIpc) is 2.68. The minimum absolute atomic E-state index is 0.00724. The van der Waals surface area contributed by atoms with Gasteiger partial charge < -0.3 is 14.4 Å². The van der Waals surface area contributed by atoms with Gasteiger partial charge in [0.25, 0.3) is 0 Å². The Morgan fingerprint density at radius 3 is 2.47 bits per heavy atom. The fourth-order valence-electron chi connectivity index (χ4n) is 3.42. The number of ether oxygens (including phenoxy) is 2. The van der Waals surface area contributed by atoms with Crippen LogP contribution in [0, 0.1) is 5.92 Å². The van der Waals surface area contributed by atoms with Gasteiger partial charge in [-0.25, -0.2) is 0 Å². The van der Waals surface area contributed by atoms with Gasteiger partial charge in [0.2, 0.25) is 5.91 Å². The van der Waals surface area contributed by atoms with Crippen molar-refractivity contribution in [3.05, 3.63) is 48.0 Å². The highest BCUT2D eigenvalue weighted by atomic mass is 16.6. The molecule has 1 aromatic carbocycles. The minimum Gasteiger partial charge on any atom is -0.460 e. The normalized spacial score (nSPS) is 25.0. The Morgan fingerprint density at radius 1 is 1.17 bits per heavy atom. The Hall–Kier alpha value is -2.63. The van der Waals surface area contributed by atoms with Gasteiger partial charge in [-0.15, -0.1) is 0 Å². The molecule has 0 N–H and O–H groups in total. The maximum Gasteiger partial charge on any atom is 0.307 e. The molecule has 30 heavy (non-hydrogen) atoms. The molecule has 0 radical (unpaired) electrons. The van der Waals surface area contributed by atoms with Gasteiger partial charge in [0.15, 0.2) is 0 Å². The first kappa shape index (κ1) is 23.6. The molecule has 6 heteroatoms. The van der Waals surface area contributed by atoms with Crippen molar-refractivity contribution in [3.63, 3.8) is 0 Å². The highest BCUT2D eigenvalue weighted by Gasteiger charge is 2.33. The lowest BCUT2D eigenvalue weighted by Crippen LogP contribution is -2.44. The second kappa shape index (κ2) is 10.4. The summed E-state index contributed by atoms with van der Waals surface area (Å²) in [5.74, 6) is -1.40. The van der Waals surface area contributed by atoms with E-state index in [0.29, 0.717) is 12.8 Å². The maximum atomic E-state index is 13.3. The number of benzene rings is 1. The molecular formula is C24H33NO5. The van der Waals surface area contributed by atoms with E-state index < -0.39 is 29.6 Å². The predicted octanol–water partition coefficient (Wildman–Crippen LogP) is 4.21. The Kier molecular flexibility index (Phi) is 8.21. The van der Waals surface area contributed by atoms with Crippen LogP contribution in [0.25, 0.3) is 0 Å². The fourth-order valence-corrected chi connectivity index (χ4v) is 3.42. The van der Waals surface area contributed by atoms with Gasteiger partial charge in [0, 0.05) is 13.5 Å². The summed E-state index contributed by atoms with van der Waals surface area (Å²) in [4.78, 5) is 39.6. The number of allylic oxidation sites excluding steroid dienone is 2. The Bertz CT molecular complexity index is 766. The molecule has 0 saturated carbocycles. The Morgan fingerprint density at radius 2 is 1.83 bits per heavy atom. The lowest BCUT2D eigenvalue weighted by molar-refractivity contribution is -0.160. The second-order valence-corrected chi connectivity index (χ2v) is 8.74. The van der Waals surface area contributed by atoms with Gasteiger partial charge >= 0.3 is 11.9 Å². The zero-order chi connectivity index (χ0) is 22.3. The number of likely N-dealkylation sites (N-methyl/N-ethyl adjacent to an activating group) is 1. The predicted molar refractivity (Wildman–Crippen MR) is 114 cm³/mol. The summed E-state index contributed by atoms with van der Waals surface area (Å²) in [7, 11) is 1.69. The third-order valence-corrected chi connectivity index (χ3v) is 5.07. The average molecular weight is 416 g/mol. The molecule has 0 bridgehead atoms. The van der Waals surface area contributed by atoms with E-state index in [1.807, 2.05) is 49.4 Å². The van der Waals surface area contributed by atoms with Gasteiger partial charge in [-0.1, -0.05) is 42.5 Å². The van der Waals surface area contributed by atoms with Crippen LogP contribution >= 0.6 is 0 Å². The van der Waals surface area contributed by atoms with E-state index in [1.54, 1.807) is 32.7 Å². The molecule has 0 aliphatic carbocycles. The third-order valence-electron chi connectivity index (χ3n) is 5.07. The van der Waals surface area contributed by atoms with Crippen molar-refractivity contribution < 1.29 is 23.9 Å². The summed E-state index contributed by atoms with van der Waals surface area (Å²) in [6, 6.07) is 9.02. The van der Waals surface area contributed by atoms with Gasteiger partial charge in [0.05, 0.1) is 18.4 Å². The standard InChI is InChI=1S/C24H33NO5/c1-17-22(18-12-8-6-9-13-18)29-20(26)15-11-7-10-14-19(23(28)25(17)5)16-21(27)30-24(2,3)4/h6-10,12-13,17,19,22H,11,14-16H2,1-5H3/b10-7+/t17-,19+,22+/m1/s1. The molecule has 2 rings (SSSR count). The van der Waals surface area contributed by atoms with E-state index in [0.717, 1.165) is 5.56 Å². The van der Waals surface area contributed by atoms with Crippen LogP contribution in [0.4, 0.5) is 0 Å². The van der Waals surface area contributed by atoms with Gasteiger partial charge in [-0.3, -0.25) is 14.4 Å². The molecule has 0 fully saturated rings. The largest absolute Gasteiger partial charge is 0.460 e. The highest BCUT2D eigenvalue weighted by molar-refractivity contribution is 5.84. The number of esters is 2. The number of carbonyl (C=O) groups is 3. The summed E-state index contributed by atoms with van der Waals surface area (Å²) in [6.45, 7) is 7.27. The zero-order valence-electron chi connectivity index (χ0n) is 18.6. The molecule has 1 aliphatic rings. The first-order chi connectivity index (χ1) is 14.1. The Labute approximate surface area is 179 Å². The summed E-state index contributed by atoms with van der Waals surface area (Å²) in [5.41, 5.74) is 0.224. The third kappa shape index (κ3) is 7.01. The van der Waals surface area contributed by atoms with E-state index in [-0.39, 0.29) is 24.7 Å². The SMILES string of the molecule is C[C@@H]1[C@@H](c2ccccc2)OC(=O)CC/C=C/C[C@@H](CC(=O)OC(C)(C)C)C(=O)N1C. The molecule has 1 aromatic rings. The van der Waals surface area contributed by atoms with Crippen LogP contribution in [-0.2, 0) is 23.9 Å². The lowest BCUT2D eigenvalue weighted by atomic mass is 9.96. The van der Waals surface area contributed by atoms with Crippen molar-refractivity contribution in [3.8, 4) is 0 Å². The van der Waals surface area contributed by atoms with Crippen molar-refractivity contribution in [2.24, 2.45) is 5.92 Å². The van der Waals surface area contributed by atoms with Crippen LogP contribution < -0.4 is 0 Å². The van der Waals surface area contributed by atoms with Crippen LogP contribution in [0.2, 0.25) is 0 Å². The number of amides is 1. The lowest BCUT2D eigenvalue weighted by Gasteiger charge is -2.34. The van der Waals surface area contributed by atoms with Crippen LogP contribution in [0.1, 0.15) is 65.0 Å². The topological polar surface area (TPSA) is 72.9 Å². The molecule has 1 amide bonds. The van der Waals surface area contributed by atoms with E-state index in [4.69, 9.17) is 9.47 Å². The first-order valence-corrected chi connectivity index (χ1v) is 10.5. The maximum absolute atomic E-state index is 13.3. The summed E-state index contributed by atoms with van der Waals surface area (Å²) < 4.78 is 11.2. The molecule has 0 saturated heterocycles. The summed E-state index contributed by atoms with van der Waals surface area (Å²) in [5, 5.41) is 0.